The van der Waals surface area contributed by atoms with Crippen molar-refractivity contribution in [1.29, 1.82) is 0 Å². The Morgan fingerprint density at radius 2 is 1.95 bits per heavy atom. The van der Waals surface area contributed by atoms with E-state index in [4.69, 9.17) is 9.26 Å². The Morgan fingerprint density at radius 1 is 1.05 bits per heavy atom. The van der Waals surface area contributed by atoms with Crippen molar-refractivity contribution >= 4 is 10.8 Å². The first-order chi connectivity index (χ1) is 9.92. The predicted octanol–water partition coefficient (Wildman–Crippen LogP) is 3.39. The van der Waals surface area contributed by atoms with Gasteiger partial charge in [0.25, 0.3) is 5.89 Å². The van der Waals surface area contributed by atoms with Gasteiger partial charge in [-0.3, -0.25) is 0 Å². The standard InChI is InChI=1S/C16H14N2O2/c1-2-6-13-11(4-1)5-3-7-14(13)16-17-15(18-20-16)12-8-9-19-10-12/h1-7,12H,8-10H2/t12-/m1/s1. The second-order valence-corrected chi connectivity index (χ2v) is 5.04. The van der Waals surface area contributed by atoms with Crippen LogP contribution in [0.15, 0.2) is 47.0 Å². The van der Waals surface area contributed by atoms with Gasteiger partial charge in [-0.1, -0.05) is 41.6 Å². The maximum atomic E-state index is 5.45. The molecule has 1 saturated heterocycles. The van der Waals surface area contributed by atoms with Gasteiger partial charge in [0.05, 0.1) is 6.61 Å². The molecule has 0 saturated carbocycles. The highest BCUT2D eigenvalue weighted by Gasteiger charge is 2.23. The molecule has 1 aliphatic rings. The number of benzene rings is 2. The maximum absolute atomic E-state index is 5.45. The van der Waals surface area contributed by atoms with E-state index in [2.05, 4.69) is 28.3 Å². The van der Waals surface area contributed by atoms with Gasteiger partial charge in [-0.05, 0) is 23.3 Å². The Hall–Kier alpha value is -2.20. The Bertz CT molecular complexity index is 740. The van der Waals surface area contributed by atoms with Crippen molar-refractivity contribution in [3.63, 3.8) is 0 Å². The van der Waals surface area contributed by atoms with Crippen LogP contribution in [-0.4, -0.2) is 23.4 Å². The molecule has 2 heterocycles. The lowest BCUT2D eigenvalue weighted by atomic mass is 10.0. The quantitative estimate of drug-likeness (QED) is 0.713. The zero-order valence-electron chi connectivity index (χ0n) is 11.0. The molecule has 20 heavy (non-hydrogen) atoms. The number of aromatic nitrogens is 2. The number of nitrogens with zero attached hydrogens (tertiary/aromatic N) is 2. The van der Waals surface area contributed by atoms with Gasteiger partial charge in [0.2, 0.25) is 0 Å². The van der Waals surface area contributed by atoms with Crippen LogP contribution in [0.1, 0.15) is 18.2 Å². The van der Waals surface area contributed by atoms with Gasteiger partial charge in [0.15, 0.2) is 5.82 Å². The third-order valence-corrected chi connectivity index (χ3v) is 3.76. The highest BCUT2D eigenvalue weighted by Crippen LogP contribution is 2.29. The number of ether oxygens (including phenoxy) is 1. The first kappa shape index (κ1) is 11.6. The average molecular weight is 266 g/mol. The van der Waals surface area contributed by atoms with Crippen LogP contribution in [0.3, 0.4) is 0 Å². The van der Waals surface area contributed by atoms with Crippen molar-refractivity contribution in [3.8, 4) is 11.5 Å². The van der Waals surface area contributed by atoms with Crippen molar-refractivity contribution in [2.75, 3.05) is 13.2 Å². The molecular formula is C16H14N2O2. The molecule has 1 aliphatic heterocycles. The molecular weight excluding hydrogens is 252 g/mol. The van der Waals surface area contributed by atoms with Crippen LogP contribution >= 0.6 is 0 Å². The maximum Gasteiger partial charge on any atom is 0.258 e. The average Bonchev–Trinajstić information content (AvgIpc) is 3.17. The van der Waals surface area contributed by atoms with E-state index < -0.39 is 0 Å². The van der Waals surface area contributed by atoms with E-state index in [1.807, 2.05) is 24.3 Å². The molecule has 0 spiro atoms. The van der Waals surface area contributed by atoms with Crippen LogP contribution in [0.2, 0.25) is 0 Å². The molecule has 2 aromatic carbocycles. The largest absolute Gasteiger partial charge is 0.381 e. The van der Waals surface area contributed by atoms with Crippen LogP contribution in [0.25, 0.3) is 22.2 Å². The second-order valence-electron chi connectivity index (χ2n) is 5.04. The van der Waals surface area contributed by atoms with Crippen LogP contribution in [0.4, 0.5) is 0 Å². The smallest absolute Gasteiger partial charge is 0.258 e. The lowest BCUT2D eigenvalue weighted by molar-refractivity contribution is 0.192. The molecule has 0 aliphatic carbocycles. The van der Waals surface area contributed by atoms with Crippen LogP contribution in [0, 0.1) is 0 Å². The number of hydrogen-bond donors (Lipinski definition) is 0. The molecule has 100 valence electrons. The zero-order valence-corrected chi connectivity index (χ0v) is 11.0. The normalized spacial score (nSPS) is 18.7. The molecule has 1 fully saturated rings. The predicted molar refractivity (Wildman–Crippen MR) is 75.4 cm³/mol. The van der Waals surface area contributed by atoms with E-state index >= 15 is 0 Å². The van der Waals surface area contributed by atoms with E-state index in [0.717, 1.165) is 29.8 Å². The molecule has 1 atom stereocenters. The Kier molecular flexibility index (Phi) is 2.74. The summed E-state index contributed by atoms with van der Waals surface area (Å²) < 4.78 is 10.8. The van der Waals surface area contributed by atoms with E-state index in [1.54, 1.807) is 0 Å². The van der Waals surface area contributed by atoms with Gasteiger partial charge < -0.3 is 9.26 Å². The van der Waals surface area contributed by atoms with Crippen LogP contribution < -0.4 is 0 Å². The summed E-state index contributed by atoms with van der Waals surface area (Å²) in [4.78, 5) is 4.55. The summed E-state index contributed by atoms with van der Waals surface area (Å²) in [6, 6.07) is 14.3. The van der Waals surface area contributed by atoms with Crippen molar-refractivity contribution < 1.29 is 9.26 Å². The third kappa shape index (κ3) is 1.89. The van der Waals surface area contributed by atoms with E-state index in [0.29, 0.717) is 12.5 Å². The van der Waals surface area contributed by atoms with E-state index in [1.165, 1.54) is 5.39 Å². The molecule has 0 N–H and O–H groups in total. The lowest BCUT2D eigenvalue weighted by Gasteiger charge is -2.01. The van der Waals surface area contributed by atoms with Crippen molar-refractivity contribution in [3.05, 3.63) is 48.3 Å². The monoisotopic (exact) mass is 266 g/mol. The van der Waals surface area contributed by atoms with Crippen molar-refractivity contribution in [2.45, 2.75) is 12.3 Å². The van der Waals surface area contributed by atoms with Gasteiger partial charge in [-0.2, -0.15) is 4.98 Å². The summed E-state index contributed by atoms with van der Waals surface area (Å²) in [6.45, 7) is 1.47. The molecule has 4 nitrogen and oxygen atoms in total. The van der Waals surface area contributed by atoms with Crippen molar-refractivity contribution in [2.24, 2.45) is 0 Å². The summed E-state index contributed by atoms with van der Waals surface area (Å²) in [5.41, 5.74) is 0.987. The zero-order chi connectivity index (χ0) is 13.4. The van der Waals surface area contributed by atoms with Gasteiger partial charge in [0, 0.05) is 18.1 Å². The summed E-state index contributed by atoms with van der Waals surface area (Å²) in [7, 11) is 0. The van der Waals surface area contributed by atoms with Crippen molar-refractivity contribution in [1.82, 2.24) is 10.1 Å². The Labute approximate surface area is 116 Å². The Balaban J connectivity index is 1.79. The molecule has 0 unspecified atom stereocenters. The second kappa shape index (κ2) is 4.72. The minimum atomic E-state index is 0.266. The van der Waals surface area contributed by atoms with Gasteiger partial charge in [-0.15, -0.1) is 0 Å². The molecule has 0 radical (unpaired) electrons. The molecule has 0 amide bonds. The SMILES string of the molecule is c1ccc2c(-c3nc([C@@H]4CCOC4)no3)cccc2c1. The molecule has 1 aromatic heterocycles. The first-order valence-electron chi connectivity index (χ1n) is 6.81. The number of hydrogen-bond acceptors (Lipinski definition) is 4. The molecule has 0 bridgehead atoms. The third-order valence-electron chi connectivity index (χ3n) is 3.76. The highest BCUT2D eigenvalue weighted by molar-refractivity contribution is 5.94. The summed E-state index contributed by atoms with van der Waals surface area (Å²) in [5, 5.41) is 6.42. The number of rotatable bonds is 2. The molecule has 4 rings (SSSR count). The summed E-state index contributed by atoms with van der Waals surface area (Å²) in [5.74, 6) is 1.61. The number of fused-ring (bicyclic) bond motifs is 1. The molecule has 3 aromatic rings. The van der Waals surface area contributed by atoms with E-state index in [-0.39, 0.29) is 5.92 Å². The van der Waals surface area contributed by atoms with Crippen LogP contribution in [0.5, 0.6) is 0 Å². The van der Waals surface area contributed by atoms with Crippen LogP contribution in [-0.2, 0) is 4.74 Å². The van der Waals surface area contributed by atoms with Gasteiger partial charge in [-0.25, -0.2) is 0 Å². The fourth-order valence-corrected chi connectivity index (χ4v) is 2.66. The minimum Gasteiger partial charge on any atom is -0.381 e. The van der Waals surface area contributed by atoms with Gasteiger partial charge in [0.1, 0.15) is 0 Å². The first-order valence-corrected chi connectivity index (χ1v) is 6.81. The lowest BCUT2D eigenvalue weighted by Crippen LogP contribution is -1.99. The molecule has 4 heteroatoms. The van der Waals surface area contributed by atoms with Gasteiger partial charge >= 0.3 is 0 Å². The topological polar surface area (TPSA) is 48.2 Å². The summed E-state index contributed by atoms with van der Waals surface area (Å²) >= 11 is 0. The summed E-state index contributed by atoms with van der Waals surface area (Å²) in [6.07, 6.45) is 0.967. The van der Waals surface area contributed by atoms with E-state index in [9.17, 15) is 0 Å². The fraction of sp³-hybridized carbons (Fsp3) is 0.250. The Morgan fingerprint density at radius 3 is 2.85 bits per heavy atom. The fourth-order valence-electron chi connectivity index (χ4n) is 2.66. The highest BCUT2D eigenvalue weighted by atomic mass is 16.5. The minimum absolute atomic E-state index is 0.266.